The van der Waals surface area contributed by atoms with Gasteiger partial charge in [0.25, 0.3) is 0 Å². The van der Waals surface area contributed by atoms with Gasteiger partial charge in [-0.05, 0) is 53.3 Å². The van der Waals surface area contributed by atoms with Gasteiger partial charge in [0.05, 0.1) is 11.8 Å². The molecule has 1 N–H and O–H groups in total. The Kier molecular flexibility index (Phi) is 4.07. The maximum Gasteiger partial charge on any atom is 0.146 e. The number of hydrogen-bond donors (Lipinski definition) is 1. The number of benzene rings is 3. The zero-order valence-corrected chi connectivity index (χ0v) is 15.7. The zero-order chi connectivity index (χ0) is 19.1. The van der Waals surface area contributed by atoms with Crippen LogP contribution in [-0.2, 0) is 6.42 Å². The van der Waals surface area contributed by atoms with E-state index in [9.17, 15) is 9.65 Å². The van der Waals surface area contributed by atoms with Gasteiger partial charge in [-0.15, -0.1) is 0 Å². The van der Waals surface area contributed by atoms with Crippen molar-refractivity contribution >= 4 is 16.5 Å². The molecule has 1 heterocycles. The zero-order valence-electron chi connectivity index (χ0n) is 15.7. The summed E-state index contributed by atoms with van der Waals surface area (Å²) in [6.07, 6.45) is 2.39. The summed E-state index contributed by atoms with van der Waals surface area (Å²) in [5.41, 5.74) is 2.52. The number of halogens is 1. The van der Waals surface area contributed by atoms with Crippen molar-refractivity contribution in [3.8, 4) is 6.07 Å². The summed E-state index contributed by atoms with van der Waals surface area (Å²) in [6.45, 7) is 1.65. The number of para-hydroxylation sites is 1. The predicted molar refractivity (Wildman–Crippen MR) is 110 cm³/mol. The summed E-state index contributed by atoms with van der Waals surface area (Å²) in [7, 11) is 0. The van der Waals surface area contributed by atoms with Crippen LogP contribution in [0.2, 0.25) is 0 Å². The number of anilines is 1. The van der Waals surface area contributed by atoms with E-state index in [1.165, 1.54) is 28.0 Å². The van der Waals surface area contributed by atoms with Crippen LogP contribution in [0, 0.1) is 17.1 Å². The van der Waals surface area contributed by atoms with Gasteiger partial charge in [0.15, 0.2) is 0 Å². The summed E-state index contributed by atoms with van der Waals surface area (Å²) in [5, 5.41) is 15.8. The SMILES string of the molecule is N#CC1(Nc2ccccc2F)CCN(C2Cc3cccc4cccc2c34)CC1. The lowest BCUT2D eigenvalue weighted by molar-refractivity contribution is 0.144. The molecule has 1 aliphatic carbocycles. The lowest BCUT2D eigenvalue weighted by Gasteiger charge is -2.41. The van der Waals surface area contributed by atoms with Crippen LogP contribution in [0.25, 0.3) is 10.8 Å². The number of hydrogen-bond acceptors (Lipinski definition) is 3. The molecule has 0 bridgehead atoms. The normalized spacial score (nSPS) is 20.8. The van der Waals surface area contributed by atoms with Crippen molar-refractivity contribution in [3.63, 3.8) is 0 Å². The van der Waals surface area contributed by atoms with Crippen LogP contribution in [0.1, 0.15) is 30.0 Å². The largest absolute Gasteiger partial charge is 0.365 e. The predicted octanol–water partition coefficient (Wildman–Crippen LogP) is 5.05. The molecule has 2 aliphatic rings. The topological polar surface area (TPSA) is 39.1 Å². The van der Waals surface area contributed by atoms with Crippen molar-refractivity contribution in [2.75, 3.05) is 18.4 Å². The van der Waals surface area contributed by atoms with E-state index in [-0.39, 0.29) is 5.82 Å². The molecule has 0 amide bonds. The standard InChI is InChI=1S/C24H22FN3/c25-20-9-1-2-10-21(20)27-24(16-26)11-13-28(14-12-24)22-15-18-7-3-5-17-6-4-8-19(22)23(17)18/h1-10,22,27H,11-15H2. The average molecular weight is 371 g/mol. The molecule has 1 atom stereocenters. The fourth-order valence-electron chi connectivity index (χ4n) is 4.84. The van der Waals surface area contributed by atoms with Gasteiger partial charge in [-0.1, -0.05) is 48.5 Å². The molecule has 3 aromatic carbocycles. The molecule has 3 aromatic rings. The van der Waals surface area contributed by atoms with E-state index in [1.54, 1.807) is 18.2 Å². The lowest BCUT2D eigenvalue weighted by Crippen LogP contribution is -2.49. The summed E-state index contributed by atoms with van der Waals surface area (Å²) < 4.78 is 14.1. The van der Waals surface area contributed by atoms with Crippen LogP contribution < -0.4 is 5.32 Å². The van der Waals surface area contributed by atoms with Crippen molar-refractivity contribution in [1.82, 2.24) is 4.90 Å². The third-order valence-corrected chi connectivity index (χ3v) is 6.35. The van der Waals surface area contributed by atoms with Crippen LogP contribution in [0.15, 0.2) is 60.7 Å². The summed E-state index contributed by atoms with van der Waals surface area (Å²) >= 11 is 0. The second-order valence-electron chi connectivity index (χ2n) is 7.92. The van der Waals surface area contributed by atoms with E-state index in [0.717, 1.165) is 19.5 Å². The van der Waals surface area contributed by atoms with E-state index in [2.05, 4.69) is 52.7 Å². The van der Waals surface area contributed by atoms with Crippen molar-refractivity contribution in [3.05, 3.63) is 77.6 Å². The first-order valence-electron chi connectivity index (χ1n) is 9.88. The highest BCUT2D eigenvalue weighted by atomic mass is 19.1. The minimum atomic E-state index is -0.712. The van der Waals surface area contributed by atoms with Gasteiger partial charge >= 0.3 is 0 Å². The van der Waals surface area contributed by atoms with Gasteiger partial charge < -0.3 is 5.32 Å². The second-order valence-corrected chi connectivity index (χ2v) is 7.92. The third-order valence-electron chi connectivity index (χ3n) is 6.35. The Labute approximate surface area is 164 Å². The molecule has 1 unspecified atom stereocenters. The van der Waals surface area contributed by atoms with Gasteiger partial charge in [0.2, 0.25) is 0 Å². The highest BCUT2D eigenvalue weighted by Gasteiger charge is 2.39. The molecule has 28 heavy (non-hydrogen) atoms. The average Bonchev–Trinajstić information content (AvgIpc) is 3.11. The minimum Gasteiger partial charge on any atom is -0.365 e. The van der Waals surface area contributed by atoms with Crippen LogP contribution in [0.4, 0.5) is 10.1 Å². The Morgan fingerprint density at radius 2 is 1.75 bits per heavy atom. The van der Waals surface area contributed by atoms with Gasteiger partial charge in [-0.2, -0.15) is 5.26 Å². The van der Waals surface area contributed by atoms with Crippen molar-refractivity contribution in [2.45, 2.75) is 30.8 Å². The van der Waals surface area contributed by atoms with Gasteiger partial charge in [-0.3, -0.25) is 4.90 Å². The first-order valence-corrected chi connectivity index (χ1v) is 9.88. The number of nitriles is 1. The van der Waals surface area contributed by atoms with Crippen molar-refractivity contribution in [2.24, 2.45) is 0 Å². The highest BCUT2D eigenvalue weighted by Crippen LogP contribution is 2.42. The van der Waals surface area contributed by atoms with Gasteiger partial charge in [-0.25, -0.2) is 4.39 Å². The van der Waals surface area contributed by atoms with Gasteiger partial charge in [0, 0.05) is 19.1 Å². The van der Waals surface area contributed by atoms with Crippen LogP contribution in [0.5, 0.6) is 0 Å². The van der Waals surface area contributed by atoms with Crippen molar-refractivity contribution < 1.29 is 4.39 Å². The Hall–Kier alpha value is -2.90. The van der Waals surface area contributed by atoms with E-state index < -0.39 is 5.54 Å². The molecule has 0 radical (unpaired) electrons. The number of piperidine rings is 1. The molecule has 1 aliphatic heterocycles. The molecule has 0 saturated carbocycles. The maximum absolute atomic E-state index is 14.1. The quantitative estimate of drug-likeness (QED) is 0.700. The summed E-state index contributed by atoms with van der Waals surface area (Å²) in [6, 6.07) is 22.5. The van der Waals surface area contributed by atoms with E-state index in [0.29, 0.717) is 24.6 Å². The number of nitrogens with one attached hydrogen (secondary N) is 1. The summed E-state index contributed by atoms with van der Waals surface area (Å²) in [4.78, 5) is 2.49. The molecule has 0 aromatic heterocycles. The molecular weight excluding hydrogens is 349 g/mol. The molecule has 0 spiro atoms. The highest BCUT2D eigenvalue weighted by molar-refractivity contribution is 5.91. The smallest absolute Gasteiger partial charge is 0.146 e. The lowest BCUT2D eigenvalue weighted by atomic mass is 9.87. The van der Waals surface area contributed by atoms with Crippen LogP contribution in [-0.4, -0.2) is 23.5 Å². The van der Waals surface area contributed by atoms with Gasteiger partial charge in [0.1, 0.15) is 11.4 Å². The number of likely N-dealkylation sites (tertiary alicyclic amines) is 1. The molecule has 1 saturated heterocycles. The molecule has 140 valence electrons. The monoisotopic (exact) mass is 371 g/mol. The number of nitrogens with zero attached hydrogens (tertiary/aromatic N) is 2. The fraction of sp³-hybridized carbons (Fsp3) is 0.292. The second kappa shape index (κ2) is 6.61. The molecule has 3 nitrogen and oxygen atoms in total. The van der Waals surface area contributed by atoms with Crippen LogP contribution in [0.3, 0.4) is 0 Å². The fourth-order valence-corrected chi connectivity index (χ4v) is 4.84. The van der Waals surface area contributed by atoms with Crippen LogP contribution >= 0.6 is 0 Å². The molecular formula is C24H22FN3. The summed E-state index contributed by atoms with van der Waals surface area (Å²) in [5.74, 6) is -0.308. The maximum atomic E-state index is 14.1. The molecule has 1 fully saturated rings. The Morgan fingerprint density at radius 1 is 1.00 bits per heavy atom. The molecule has 4 heteroatoms. The number of rotatable bonds is 3. The first-order chi connectivity index (χ1) is 13.7. The Bertz CT molecular complexity index is 1070. The van der Waals surface area contributed by atoms with Crippen molar-refractivity contribution in [1.29, 1.82) is 5.26 Å². The first kappa shape index (κ1) is 17.2. The third kappa shape index (κ3) is 2.75. The molecule has 5 rings (SSSR count). The minimum absolute atomic E-state index is 0.308. The Balaban J connectivity index is 1.36. The van der Waals surface area contributed by atoms with E-state index in [4.69, 9.17) is 0 Å². The Morgan fingerprint density at radius 3 is 2.50 bits per heavy atom. The van der Waals surface area contributed by atoms with E-state index >= 15 is 0 Å². The van der Waals surface area contributed by atoms with E-state index in [1.807, 2.05) is 0 Å².